The molecule has 1 saturated carbocycles. The molecule has 0 radical (unpaired) electrons. The molecule has 0 aromatic carbocycles. The van der Waals surface area contributed by atoms with Gasteiger partial charge in [-0.25, -0.2) is 0 Å². The van der Waals surface area contributed by atoms with Gasteiger partial charge in [-0.05, 0) is 63.0 Å². The van der Waals surface area contributed by atoms with Crippen molar-refractivity contribution in [3.63, 3.8) is 0 Å². The molecule has 0 saturated heterocycles. The second-order valence-electron chi connectivity index (χ2n) is 2.65. The summed E-state index contributed by atoms with van der Waals surface area (Å²) in [6.07, 6.45) is 7.70. The topological polar surface area (TPSA) is 0 Å². The summed E-state index contributed by atoms with van der Waals surface area (Å²) in [5.41, 5.74) is 3.31. The molecule has 0 atom stereocenters. The normalized spacial score (nSPS) is 24.8. The second kappa shape index (κ2) is 2.11. The summed E-state index contributed by atoms with van der Waals surface area (Å²) in [5.74, 6) is 0. The van der Waals surface area contributed by atoms with Crippen LogP contribution in [0.25, 0.3) is 0 Å². The van der Waals surface area contributed by atoms with E-state index >= 15 is 0 Å². The van der Waals surface area contributed by atoms with Gasteiger partial charge in [0.25, 0.3) is 0 Å². The number of allylic oxidation sites excluding steroid dienone is 4. The molecule has 0 amide bonds. The van der Waals surface area contributed by atoms with Gasteiger partial charge in [0.15, 0.2) is 0 Å². The van der Waals surface area contributed by atoms with Crippen LogP contribution in [0.2, 0.25) is 0 Å². The Kier molecular flexibility index (Phi) is 1.40. The molecule has 2 aliphatic rings. The Balaban J connectivity index is 2.36. The zero-order valence-electron chi connectivity index (χ0n) is 5.28. The molecule has 0 unspecified atom stereocenters. The molecular formula is C8H9I. The van der Waals surface area contributed by atoms with Gasteiger partial charge in [0.05, 0.1) is 0 Å². The number of halogens is 1. The zero-order chi connectivity index (χ0) is 6.27. The summed E-state index contributed by atoms with van der Waals surface area (Å²) in [5, 5.41) is 0. The zero-order valence-corrected chi connectivity index (χ0v) is 7.44. The maximum atomic E-state index is 2.49. The van der Waals surface area contributed by atoms with Gasteiger partial charge >= 0.3 is 0 Å². The van der Waals surface area contributed by atoms with Gasteiger partial charge in [-0.3, -0.25) is 0 Å². The van der Waals surface area contributed by atoms with Crippen molar-refractivity contribution in [3.8, 4) is 0 Å². The molecule has 0 aromatic heterocycles. The van der Waals surface area contributed by atoms with Crippen LogP contribution in [0.3, 0.4) is 0 Å². The summed E-state index contributed by atoms with van der Waals surface area (Å²) in [7, 11) is 0. The van der Waals surface area contributed by atoms with Gasteiger partial charge < -0.3 is 0 Å². The Morgan fingerprint density at radius 2 is 2.11 bits per heavy atom. The SMILES string of the molecule is IC1=C2CCC2=CCC1. The predicted molar refractivity (Wildman–Crippen MR) is 47.6 cm³/mol. The van der Waals surface area contributed by atoms with Crippen molar-refractivity contribution in [3.05, 3.63) is 20.8 Å². The molecule has 0 bridgehead atoms. The minimum Gasteiger partial charge on any atom is -0.0807 e. The lowest BCUT2D eigenvalue weighted by Crippen LogP contribution is -2.07. The quantitative estimate of drug-likeness (QED) is 0.562. The third-order valence-corrected chi connectivity index (χ3v) is 3.30. The van der Waals surface area contributed by atoms with Crippen molar-refractivity contribution >= 4 is 22.6 Å². The molecule has 9 heavy (non-hydrogen) atoms. The third-order valence-electron chi connectivity index (χ3n) is 2.11. The highest BCUT2D eigenvalue weighted by Crippen LogP contribution is 2.42. The van der Waals surface area contributed by atoms with Gasteiger partial charge in [-0.2, -0.15) is 0 Å². The first kappa shape index (κ1) is 5.96. The smallest absolute Gasteiger partial charge is 0.00562 e. The van der Waals surface area contributed by atoms with Crippen LogP contribution in [0.15, 0.2) is 20.8 Å². The highest BCUT2D eigenvalue weighted by molar-refractivity contribution is 14.1. The summed E-state index contributed by atoms with van der Waals surface area (Å²) in [6.45, 7) is 0. The predicted octanol–water partition coefficient (Wildman–Crippen LogP) is 3.19. The standard InChI is InChI=1S/C8H9I/c9-8-3-1-2-6-4-5-7(6)8/h2H,1,3-5H2. The Morgan fingerprint density at radius 1 is 1.22 bits per heavy atom. The summed E-state index contributed by atoms with van der Waals surface area (Å²) < 4.78 is 1.62. The van der Waals surface area contributed by atoms with E-state index < -0.39 is 0 Å². The first-order valence-electron chi connectivity index (χ1n) is 3.45. The fraction of sp³-hybridized carbons (Fsp3) is 0.500. The van der Waals surface area contributed by atoms with Crippen molar-refractivity contribution in [2.45, 2.75) is 25.7 Å². The second-order valence-corrected chi connectivity index (χ2v) is 3.95. The van der Waals surface area contributed by atoms with Gasteiger partial charge in [0, 0.05) is 0 Å². The lowest BCUT2D eigenvalue weighted by atomic mass is 9.81. The third kappa shape index (κ3) is 0.858. The van der Waals surface area contributed by atoms with Crippen LogP contribution in [0.1, 0.15) is 25.7 Å². The molecule has 1 fully saturated rings. The van der Waals surface area contributed by atoms with Crippen molar-refractivity contribution in [1.82, 2.24) is 0 Å². The van der Waals surface area contributed by atoms with E-state index in [1.807, 2.05) is 0 Å². The number of rotatable bonds is 0. The lowest BCUT2D eigenvalue weighted by Gasteiger charge is -2.27. The molecule has 2 aliphatic carbocycles. The van der Waals surface area contributed by atoms with E-state index in [-0.39, 0.29) is 0 Å². The van der Waals surface area contributed by atoms with Crippen LogP contribution in [0.4, 0.5) is 0 Å². The molecule has 0 spiro atoms. The van der Waals surface area contributed by atoms with Crippen LogP contribution in [0.5, 0.6) is 0 Å². The van der Waals surface area contributed by atoms with Crippen molar-refractivity contribution in [2.24, 2.45) is 0 Å². The molecule has 0 aromatic rings. The van der Waals surface area contributed by atoms with Gasteiger partial charge in [-0.1, -0.05) is 6.08 Å². The largest absolute Gasteiger partial charge is 0.0807 e. The van der Waals surface area contributed by atoms with Crippen molar-refractivity contribution in [2.75, 3.05) is 0 Å². The number of hydrogen-bond acceptors (Lipinski definition) is 0. The van der Waals surface area contributed by atoms with Gasteiger partial charge in [0.1, 0.15) is 0 Å². The maximum Gasteiger partial charge on any atom is -0.00562 e. The maximum absolute atomic E-state index is 2.49. The molecule has 0 nitrogen and oxygen atoms in total. The molecular weight excluding hydrogens is 223 g/mol. The number of fused-ring (bicyclic) bond motifs is 1. The average Bonchev–Trinajstić information content (AvgIpc) is 1.74. The Morgan fingerprint density at radius 3 is 2.56 bits per heavy atom. The average molecular weight is 232 g/mol. The summed E-state index contributed by atoms with van der Waals surface area (Å²) >= 11 is 2.49. The molecule has 0 aliphatic heterocycles. The Labute approximate surface area is 69.2 Å². The van der Waals surface area contributed by atoms with Crippen molar-refractivity contribution in [1.29, 1.82) is 0 Å². The molecule has 2 rings (SSSR count). The summed E-state index contributed by atoms with van der Waals surface area (Å²) in [4.78, 5) is 0. The van der Waals surface area contributed by atoms with E-state index in [1.54, 1.807) is 14.7 Å². The van der Waals surface area contributed by atoms with E-state index in [0.29, 0.717) is 0 Å². The fourth-order valence-corrected chi connectivity index (χ4v) is 2.38. The summed E-state index contributed by atoms with van der Waals surface area (Å²) in [6, 6.07) is 0. The van der Waals surface area contributed by atoms with Crippen molar-refractivity contribution < 1.29 is 0 Å². The van der Waals surface area contributed by atoms with Gasteiger partial charge in [0.2, 0.25) is 0 Å². The van der Waals surface area contributed by atoms with E-state index in [4.69, 9.17) is 0 Å². The Hall–Kier alpha value is 0.210. The van der Waals surface area contributed by atoms with Crippen LogP contribution < -0.4 is 0 Å². The molecule has 48 valence electrons. The van der Waals surface area contributed by atoms with Crippen LogP contribution in [-0.4, -0.2) is 0 Å². The number of hydrogen-bond donors (Lipinski definition) is 0. The minimum absolute atomic E-state index is 1.29. The molecule has 1 heteroatoms. The molecule has 0 N–H and O–H groups in total. The van der Waals surface area contributed by atoms with E-state index in [1.165, 1.54) is 25.7 Å². The first-order chi connectivity index (χ1) is 4.38. The van der Waals surface area contributed by atoms with E-state index in [0.717, 1.165) is 0 Å². The lowest BCUT2D eigenvalue weighted by molar-refractivity contribution is 0.773. The van der Waals surface area contributed by atoms with Crippen LogP contribution in [0, 0.1) is 0 Å². The van der Waals surface area contributed by atoms with E-state index in [2.05, 4.69) is 28.7 Å². The van der Waals surface area contributed by atoms with Crippen LogP contribution in [-0.2, 0) is 0 Å². The first-order valence-corrected chi connectivity index (χ1v) is 4.53. The minimum atomic E-state index is 1.29. The fourth-order valence-electron chi connectivity index (χ4n) is 1.45. The van der Waals surface area contributed by atoms with Gasteiger partial charge in [-0.15, -0.1) is 0 Å². The Bertz CT molecular complexity index is 199. The molecule has 0 heterocycles. The van der Waals surface area contributed by atoms with E-state index in [9.17, 15) is 0 Å². The highest BCUT2D eigenvalue weighted by Gasteiger charge is 2.21. The van der Waals surface area contributed by atoms with Crippen LogP contribution >= 0.6 is 22.6 Å². The highest BCUT2D eigenvalue weighted by atomic mass is 127. The monoisotopic (exact) mass is 232 g/mol.